The van der Waals surface area contributed by atoms with Gasteiger partial charge in [0, 0.05) is 5.92 Å². The predicted octanol–water partition coefficient (Wildman–Crippen LogP) is 3.75. The average molecular weight is 275 g/mol. The van der Waals surface area contributed by atoms with Gasteiger partial charge in [-0.05, 0) is 25.5 Å². The molecule has 1 aromatic carbocycles. The molecule has 0 aliphatic carbocycles. The Bertz CT molecular complexity index is 491. The van der Waals surface area contributed by atoms with Crippen molar-refractivity contribution >= 4 is 11.3 Å². The maximum absolute atomic E-state index is 4.41. The Morgan fingerprint density at radius 1 is 1.05 bits per heavy atom. The van der Waals surface area contributed by atoms with E-state index in [1.807, 2.05) is 7.05 Å². The lowest BCUT2D eigenvalue weighted by atomic mass is 9.97. The molecule has 2 atom stereocenters. The molecule has 4 heteroatoms. The third-order valence-corrected chi connectivity index (χ3v) is 4.57. The van der Waals surface area contributed by atoms with Crippen LogP contribution in [-0.2, 0) is 0 Å². The van der Waals surface area contributed by atoms with Crippen LogP contribution in [0.5, 0.6) is 0 Å². The van der Waals surface area contributed by atoms with Crippen LogP contribution in [0.1, 0.15) is 54.2 Å². The normalized spacial score (nSPS) is 14.3. The summed E-state index contributed by atoms with van der Waals surface area (Å²) in [5.74, 6) is 0.363. The van der Waals surface area contributed by atoms with Crippen LogP contribution in [0.25, 0.3) is 0 Å². The lowest BCUT2D eigenvalue weighted by molar-refractivity contribution is 0.568. The van der Waals surface area contributed by atoms with Gasteiger partial charge in [-0.1, -0.05) is 55.5 Å². The third-order valence-electron chi connectivity index (χ3n) is 3.42. The van der Waals surface area contributed by atoms with Gasteiger partial charge in [-0.2, -0.15) is 0 Å². The number of hydrogen-bond acceptors (Lipinski definition) is 4. The largest absolute Gasteiger partial charge is 0.311 e. The topological polar surface area (TPSA) is 37.8 Å². The summed E-state index contributed by atoms with van der Waals surface area (Å²) >= 11 is 1.73. The van der Waals surface area contributed by atoms with Crippen molar-refractivity contribution < 1.29 is 0 Å². The molecule has 102 valence electrons. The molecule has 19 heavy (non-hydrogen) atoms. The zero-order chi connectivity index (χ0) is 13.7. The van der Waals surface area contributed by atoms with E-state index in [2.05, 4.69) is 59.7 Å². The van der Waals surface area contributed by atoms with Crippen LogP contribution in [0.15, 0.2) is 30.3 Å². The standard InChI is InChI=1S/C15H21N3S/c1-4-12(11-9-7-6-8-10-11)14-17-18-15(19-14)13(5-2)16-3/h6-10,12-13,16H,4-5H2,1-3H3. The molecule has 3 nitrogen and oxygen atoms in total. The first-order valence-corrected chi connectivity index (χ1v) is 7.67. The van der Waals surface area contributed by atoms with Crippen molar-refractivity contribution in [3.8, 4) is 0 Å². The van der Waals surface area contributed by atoms with E-state index in [0.717, 1.165) is 22.9 Å². The third kappa shape index (κ3) is 3.19. The summed E-state index contributed by atoms with van der Waals surface area (Å²) in [7, 11) is 1.98. The quantitative estimate of drug-likeness (QED) is 0.872. The lowest BCUT2D eigenvalue weighted by Crippen LogP contribution is -2.14. The molecule has 0 bridgehead atoms. The van der Waals surface area contributed by atoms with Gasteiger partial charge in [0.1, 0.15) is 10.0 Å². The average Bonchev–Trinajstić information content (AvgIpc) is 2.92. The highest BCUT2D eigenvalue weighted by Gasteiger charge is 2.19. The fraction of sp³-hybridized carbons (Fsp3) is 0.467. The fourth-order valence-electron chi connectivity index (χ4n) is 2.27. The number of benzene rings is 1. The molecule has 2 unspecified atom stereocenters. The van der Waals surface area contributed by atoms with Crippen molar-refractivity contribution in [2.75, 3.05) is 7.05 Å². The van der Waals surface area contributed by atoms with Gasteiger partial charge in [0.15, 0.2) is 0 Å². The van der Waals surface area contributed by atoms with Crippen LogP contribution in [-0.4, -0.2) is 17.2 Å². The minimum absolute atomic E-state index is 0.319. The van der Waals surface area contributed by atoms with Gasteiger partial charge in [0.25, 0.3) is 0 Å². The summed E-state index contributed by atoms with van der Waals surface area (Å²) in [5.41, 5.74) is 1.32. The van der Waals surface area contributed by atoms with Crippen molar-refractivity contribution in [1.82, 2.24) is 15.5 Å². The van der Waals surface area contributed by atoms with Gasteiger partial charge in [-0.15, -0.1) is 10.2 Å². The number of aromatic nitrogens is 2. The van der Waals surface area contributed by atoms with Gasteiger partial charge < -0.3 is 5.32 Å². The molecule has 1 N–H and O–H groups in total. The Kier molecular flexibility index (Phi) is 5.05. The zero-order valence-corrected chi connectivity index (χ0v) is 12.6. The molecular formula is C15H21N3S. The maximum Gasteiger partial charge on any atom is 0.134 e. The molecule has 2 aromatic rings. The molecule has 0 saturated heterocycles. The van der Waals surface area contributed by atoms with E-state index in [1.165, 1.54) is 5.56 Å². The lowest BCUT2D eigenvalue weighted by Gasteiger charge is -2.11. The van der Waals surface area contributed by atoms with Crippen LogP contribution >= 0.6 is 11.3 Å². The summed E-state index contributed by atoms with van der Waals surface area (Å²) in [6.45, 7) is 4.37. The first-order chi connectivity index (χ1) is 9.30. The van der Waals surface area contributed by atoms with E-state index in [9.17, 15) is 0 Å². The summed E-state index contributed by atoms with van der Waals surface area (Å²) < 4.78 is 0. The molecule has 0 spiro atoms. The Labute approximate surface area is 119 Å². The first kappa shape index (κ1) is 14.2. The zero-order valence-electron chi connectivity index (χ0n) is 11.8. The predicted molar refractivity (Wildman–Crippen MR) is 80.6 cm³/mol. The second-order valence-electron chi connectivity index (χ2n) is 4.60. The van der Waals surface area contributed by atoms with Crippen molar-refractivity contribution in [2.24, 2.45) is 0 Å². The SMILES string of the molecule is CCC(NC)c1nnc(C(CC)c2ccccc2)s1. The number of rotatable bonds is 6. The van der Waals surface area contributed by atoms with Crippen molar-refractivity contribution in [3.05, 3.63) is 45.9 Å². The molecule has 2 rings (SSSR count). The van der Waals surface area contributed by atoms with Gasteiger partial charge in [-0.25, -0.2) is 0 Å². The number of nitrogens with one attached hydrogen (secondary N) is 1. The molecule has 0 saturated carbocycles. The Morgan fingerprint density at radius 2 is 1.74 bits per heavy atom. The highest BCUT2D eigenvalue weighted by Crippen LogP contribution is 2.32. The smallest absolute Gasteiger partial charge is 0.134 e. The number of hydrogen-bond donors (Lipinski definition) is 1. The van der Waals surface area contributed by atoms with Crippen molar-refractivity contribution in [1.29, 1.82) is 0 Å². The van der Waals surface area contributed by atoms with Crippen molar-refractivity contribution in [3.63, 3.8) is 0 Å². The molecular weight excluding hydrogens is 254 g/mol. The van der Waals surface area contributed by atoms with Crippen LogP contribution < -0.4 is 5.32 Å². The molecule has 1 heterocycles. The van der Waals surface area contributed by atoms with Gasteiger partial charge in [0.2, 0.25) is 0 Å². The van der Waals surface area contributed by atoms with Crippen molar-refractivity contribution in [2.45, 2.75) is 38.6 Å². The second kappa shape index (κ2) is 6.78. The molecule has 0 radical (unpaired) electrons. The Morgan fingerprint density at radius 3 is 2.32 bits per heavy atom. The Balaban J connectivity index is 2.25. The van der Waals surface area contributed by atoms with Gasteiger partial charge in [0.05, 0.1) is 6.04 Å². The fourth-order valence-corrected chi connectivity index (χ4v) is 3.52. The summed E-state index contributed by atoms with van der Waals surface area (Å²) in [6, 6.07) is 10.9. The monoisotopic (exact) mass is 275 g/mol. The Hall–Kier alpha value is -1.26. The van der Waals surface area contributed by atoms with Crippen LogP contribution in [0.4, 0.5) is 0 Å². The maximum atomic E-state index is 4.41. The highest BCUT2D eigenvalue weighted by molar-refractivity contribution is 7.11. The first-order valence-electron chi connectivity index (χ1n) is 6.85. The van der Waals surface area contributed by atoms with E-state index >= 15 is 0 Å². The molecule has 0 aliphatic rings. The molecule has 0 amide bonds. The van der Waals surface area contributed by atoms with E-state index in [4.69, 9.17) is 0 Å². The molecule has 0 aliphatic heterocycles. The highest BCUT2D eigenvalue weighted by atomic mass is 32.1. The van der Waals surface area contributed by atoms with Gasteiger partial charge >= 0.3 is 0 Å². The van der Waals surface area contributed by atoms with E-state index in [-0.39, 0.29) is 0 Å². The van der Waals surface area contributed by atoms with Crippen LogP contribution in [0.3, 0.4) is 0 Å². The molecule has 0 fully saturated rings. The molecule has 1 aromatic heterocycles. The minimum Gasteiger partial charge on any atom is -0.311 e. The van der Waals surface area contributed by atoms with Crippen LogP contribution in [0, 0.1) is 0 Å². The van der Waals surface area contributed by atoms with E-state index in [0.29, 0.717) is 12.0 Å². The summed E-state index contributed by atoms with van der Waals surface area (Å²) in [5, 5.41) is 14.3. The summed E-state index contributed by atoms with van der Waals surface area (Å²) in [6.07, 6.45) is 2.09. The number of nitrogens with zero attached hydrogens (tertiary/aromatic N) is 2. The van der Waals surface area contributed by atoms with E-state index in [1.54, 1.807) is 11.3 Å². The summed E-state index contributed by atoms with van der Waals surface area (Å²) in [4.78, 5) is 0. The second-order valence-corrected chi connectivity index (χ2v) is 5.64. The van der Waals surface area contributed by atoms with E-state index < -0.39 is 0 Å². The minimum atomic E-state index is 0.319. The van der Waals surface area contributed by atoms with Crippen LogP contribution in [0.2, 0.25) is 0 Å². The van der Waals surface area contributed by atoms with Gasteiger partial charge in [-0.3, -0.25) is 0 Å².